The van der Waals surface area contributed by atoms with Crippen LogP contribution in [0.4, 0.5) is 0 Å². The topological polar surface area (TPSA) is 98.7 Å². The van der Waals surface area contributed by atoms with Crippen molar-refractivity contribution in [1.82, 2.24) is 30.0 Å². The molecule has 0 fully saturated rings. The number of imidazole rings is 1. The quantitative estimate of drug-likeness (QED) is 0.739. The summed E-state index contributed by atoms with van der Waals surface area (Å²) in [6, 6.07) is 3.27. The lowest BCUT2D eigenvalue weighted by Gasteiger charge is -2.17. The van der Waals surface area contributed by atoms with Crippen LogP contribution in [-0.4, -0.2) is 30.6 Å². The average Bonchev–Trinajstić information content (AvgIpc) is 3.29. The SMILES string of the molecule is CC(C)c1nccn1[C@@H](C)C(=O)NCc1nc(-c2cccnc2)no1. The van der Waals surface area contributed by atoms with Crippen LogP contribution in [0.15, 0.2) is 41.4 Å². The molecule has 0 saturated carbocycles. The van der Waals surface area contributed by atoms with Gasteiger partial charge in [0.15, 0.2) is 0 Å². The summed E-state index contributed by atoms with van der Waals surface area (Å²) in [7, 11) is 0. The fourth-order valence-corrected chi connectivity index (χ4v) is 2.47. The average molecular weight is 340 g/mol. The van der Waals surface area contributed by atoms with Crippen molar-refractivity contribution in [3.63, 3.8) is 0 Å². The molecule has 0 aliphatic rings. The maximum absolute atomic E-state index is 12.4. The zero-order valence-corrected chi connectivity index (χ0v) is 14.4. The zero-order valence-electron chi connectivity index (χ0n) is 14.4. The zero-order chi connectivity index (χ0) is 17.8. The van der Waals surface area contributed by atoms with Crippen molar-refractivity contribution in [3.8, 4) is 11.4 Å². The van der Waals surface area contributed by atoms with Gasteiger partial charge in [0.25, 0.3) is 0 Å². The third-order valence-corrected chi connectivity index (χ3v) is 3.81. The van der Waals surface area contributed by atoms with E-state index in [9.17, 15) is 4.79 Å². The van der Waals surface area contributed by atoms with Gasteiger partial charge < -0.3 is 14.4 Å². The standard InChI is InChI=1S/C17H20N6O2/c1-11(2)16-19-7-8-23(16)12(3)17(24)20-10-14-21-15(22-25-14)13-5-4-6-18-9-13/h4-9,11-12H,10H2,1-3H3,(H,20,24)/t12-/m0/s1. The van der Waals surface area contributed by atoms with Crippen LogP contribution in [0.2, 0.25) is 0 Å². The number of carbonyl (C=O) groups is 1. The second kappa shape index (κ2) is 7.25. The summed E-state index contributed by atoms with van der Waals surface area (Å²) >= 11 is 0. The van der Waals surface area contributed by atoms with Crippen molar-refractivity contribution < 1.29 is 9.32 Å². The lowest BCUT2D eigenvalue weighted by atomic mass is 10.2. The van der Waals surface area contributed by atoms with E-state index in [1.807, 2.05) is 37.6 Å². The minimum Gasteiger partial charge on any atom is -0.345 e. The number of nitrogens with one attached hydrogen (secondary N) is 1. The Morgan fingerprint density at radius 3 is 2.88 bits per heavy atom. The van der Waals surface area contributed by atoms with Crippen molar-refractivity contribution in [2.45, 2.75) is 39.3 Å². The van der Waals surface area contributed by atoms with Crippen LogP contribution < -0.4 is 5.32 Å². The van der Waals surface area contributed by atoms with E-state index in [4.69, 9.17) is 4.52 Å². The lowest BCUT2D eigenvalue weighted by molar-refractivity contribution is -0.124. The van der Waals surface area contributed by atoms with E-state index in [0.717, 1.165) is 11.4 Å². The molecule has 3 aromatic heterocycles. The molecule has 0 aliphatic heterocycles. The monoisotopic (exact) mass is 340 g/mol. The molecule has 130 valence electrons. The predicted octanol–water partition coefficient (Wildman–Crippen LogP) is 2.33. The van der Waals surface area contributed by atoms with Crippen LogP contribution in [0.5, 0.6) is 0 Å². The number of pyridine rings is 1. The number of aromatic nitrogens is 5. The van der Waals surface area contributed by atoms with Crippen molar-refractivity contribution in [2.24, 2.45) is 0 Å². The molecule has 0 unspecified atom stereocenters. The van der Waals surface area contributed by atoms with Crippen molar-refractivity contribution in [2.75, 3.05) is 0 Å². The van der Waals surface area contributed by atoms with Crippen LogP contribution in [0, 0.1) is 0 Å². The lowest BCUT2D eigenvalue weighted by Crippen LogP contribution is -2.31. The van der Waals surface area contributed by atoms with Gasteiger partial charge in [-0.15, -0.1) is 0 Å². The maximum Gasteiger partial charge on any atom is 0.246 e. The molecule has 1 amide bonds. The van der Waals surface area contributed by atoms with Gasteiger partial charge in [-0.25, -0.2) is 4.98 Å². The second-order valence-corrected chi connectivity index (χ2v) is 5.99. The fraction of sp³-hybridized carbons (Fsp3) is 0.353. The summed E-state index contributed by atoms with van der Waals surface area (Å²) in [5.41, 5.74) is 0.761. The summed E-state index contributed by atoms with van der Waals surface area (Å²) in [6.45, 7) is 6.09. The summed E-state index contributed by atoms with van der Waals surface area (Å²) in [5, 5.41) is 6.72. The largest absolute Gasteiger partial charge is 0.345 e. The molecule has 8 heteroatoms. The van der Waals surface area contributed by atoms with Gasteiger partial charge in [-0.2, -0.15) is 4.98 Å². The molecule has 1 N–H and O–H groups in total. The highest BCUT2D eigenvalue weighted by molar-refractivity contribution is 5.79. The highest BCUT2D eigenvalue weighted by Gasteiger charge is 2.19. The summed E-state index contributed by atoms with van der Waals surface area (Å²) in [4.78, 5) is 25.0. The number of carbonyl (C=O) groups excluding carboxylic acids is 1. The van der Waals surface area contributed by atoms with Gasteiger partial charge in [-0.05, 0) is 19.1 Å². The Bertz CT molecular complexity index is 840. The van der Waals surface area contributed by atoms with E-state index in [1.165, 1.54) is 0 Å². The Kier molecular flexibility index (Phi) is 4.87. The highest BCUT2D eigenvalue weighted by atomic mass is 16.5. The number of rotatable bonds is 6. The molecule has 3 aromatic rings. The van der Waals surface area contributed by atoms with Gasteiger partial charge in [0.2, 0.25) is 17.6 Å². The van der Waals surface area contributed by atoms with Crippen LogP contribution >= 0.6 is 0 Å². The molecule has 3 rings (SSSR count). The third-order valence-electron chi connectivity index (χ3n) is 3.81. The Balaban J connectivity index is 1.63. The predicted molar refractivity (Wildman–Crippen MR) is 90.4 cm³/mol. The van der Waals surface area contributed by atoms with Crippen LogP contribution in [0.1, 0.15) is 44.4 Å². The van der Waals surface area contributed by atoms with E-state index in [0.29, 0.717) is 11.7 Å². The van der Waals surface area contributed by atoms with E-state index >= 15 is 0 Å². The van der Waals surface area contributed by atoms with Gasteiger partial charge in [0, 0.05) is 36.3 Å². The van der Waals surface area contributed by atoms with Gasteiger partial charge in [-0.3, -0.25) is 9.78 Å². The van der Waals surface area contributed by atoms with Gasteiger partial charge in [0.05, 0.1) is 6.54 Å². The highest BCUT2D eigenvalue weighted by Crippen LogP contribution is 2.17. The van der Waals surface area contributed by atoms with E-state index in [-0.39, 0.29) is 24.4 Å². The number of hydrogen-bond acceptors (Lipinski definition) is 6. The third kappa shape index (κ3) is 3.73. The summed E-state index contributed by atoms with van der Waals surface area (Å²) in [5.74, 6) is 1.76. The molecule has 25 heavy (non-hydrogen) atoms. The Labute approximate surface area is 145 Å². The first-order valence-corrected chi connectivity index (χ1v) is 8.09. The van der Waals surface area contributed by atoms with Crippen LogP contribution in [0.3, 0.4) is 0 Å². The first kappa shape index (κ1) is 16.8. The molecule has 0 saturated heterocycles. The maximum atomic E-state index is 12.4. The number of hydrogen-bond donors (Lipinski definition) is 1. The van der Waals surface area contributed by atoms with Crippen LogP contribution in [-0.2, 0) is 11.3 Å². The molecule has 0 bridgehead atoms. The smallest absolute Gasteiger partial charge is 0.246 e. The summed E-state index contributed by atoms with van der Waals surface area (Å²) < 4.78 is 7.05. The Hall–Kier alpha value is -3.03. The Morgan fingerprint density at radius 2 is 2.16 bits per heavy atom. The van der Waals surface area contributed by atoms with Gasteiger partial charge in [0.1, 0.15) is 11.9 Å². The molecule has 1 atom stereocenters. The number of nitrogens with zero attached hydrogens (tertiary/aromatic N) is 5. The fourth-order valence-electron chi connectivity index (χ4n) is 2.47. The molecule has 0 aromatic carbocycles. The van der Waals surface area contributed by atoms with Crippen molar-refractivity contribution in [1.29, 1.82) is 0 Å². The molecular weight excluding hydrogens is 320 g/mol. The molecular formula is C17H20N6O2. The minimum atomic E-state index is -0.374. The van der Waals surface area contributed by atoms with E-state index < -0.39 is 0 Å². The van der Waals surface area contributed by atoms with Crippen molar-refractivity contribution >= 4 is 5.91 Å². The van der Waals surface area contributed by atoms with Crippen molar-refractivity contribution in [3.05, 3.63) is 48.6 Å². The molecule has 0 spiro atoms. The second-order valence-electron chi connectivity index (χ2n) is 5.99. The molecule has 0 aliphatic carbocycles. The van der Waals surface area contributed by atoms with Gasteiger partial charge in [-0.1, -0.05) is 19.0 Å². The number of amides is 1. The first-order valence-electron chi connectivity index (χ1n) is 8.09. The van der Waals surface area contributed by atoms with E-state index in [2.05, 4.69) is 25.4 Å². The van der Waals surface area contributed by atoms with E-state index in [1.54, 1.807) is 24.7 Å². The molecule has 0 radical (unpaired) electrons. The molecule has 8 nitrogen and oxygen atoms in total. The minimum absolute atomic E-state index is 0.138. The first-order chi connectivity index (χ1) is 12.1. The Morgan fingerprint density at radius 1 is 1.32 bits per heavy atom. The van der Waals surface area contributed by atoms with Gasteiger partial charge >= 0.3 is 0 Å². The molecule has 3 heterocycles. The van der Waals surface area contributed by atoms with Crippen LogP contribution in [0.25, 0.3) is 11.4 Å². The summed E-state index contributed by atoms with van der Waals surface area (Å²) in [6.07, 6.45) is 6.85. The normalized spacial score (nSPS) is 12.3.